The molecule has 0 atom stereocenters. The van der Waals surface area contributed by atoms with Crippen molar-refractivity contribution in [2.75, 3.05) is 5.32 Å². The maximum absolute atomic E-state index is 12.0. The lowest BCUT2D eigenvalue weighted by molar-refractivity contribution is -0.274. The molecular weight excluding hydrogens is 289 g/mol. The molecule has 2 N–H and O–H groups in total. The van der Waals surface area contributed by atoms with E-state index in [0.29, 0.717) is 5.69 Å². The summed E-state index contributed by atoms with van der Waals surface area (Å²) in [5, 5.41) is 11.8. The molecule has 0 aliphatic heterocycles. The Bertz CT molecular complexity index is 642. The molecular formula is C13H9F3N2O3. The highest BCUT2D eigenvalue weighted by atomic mass is 19.4. The summed E-state index contributed by atoms with van der Waals surface area (Å²) >= 11 is 0. The number of hydrogen-bond acceptors (Lipinski definition) is 4. The summed E-state index contributed by atoms with van der Waals surface area (Å²) in [6.45, 7) is 0. The Hall–Kier alpha value is -2.77. The molecule has 1 heterocycles. The molecule has 0 unspecified atom stereocenters. The molecule has 5 nitrogen and oxygen atoms in total. The Morgan fingerprint density at radius 3 is 2.43 bits per heavy atom. The van der Waals surface area contributed by atoms with Crippen LogP contribution in [0.2, 0.25) is 0 Å². The monoisotopic (exact) mass is 298 g/mol. The number of nitrogens with zero attached hydrogens (tertiary/aromatic N) is 1. The van der Waals surface area contributed by atoms with E-state index in [1.54, 1.807) is 0 Å². The standard InChI is InChI=1S/C13H9F3N2O3/c14-13(15,16)21-9-3-1-8(2-4-9)18-11-5-6-17-7-10(11)12(19)20/h1-7H,(H,17,18)(H,19,20). The Balaban J connectivity index is 2.16. The topological polar surface area (TPSA) is 71.5 Å². The van der Waals surface area contributed by atoms with Gasteiger partial charge in [-0.1, -0.05) is 0 Å². The van der Waals surface area contributed by atoms with Gasteiger partial charge in [0.25, 0.3) is 0 Å². The van der Waals surface area contributed by atoms with Crippen LogP contribution in [0.4, 0.5) is 24.5 Å². The first-order valence-electron chi connectivity index (χ1n) is 5.65. The van der Waals surface area contributed by atoms with E-state index in [0.717, 1.165) is 12.1 Å². The summed E-state index contributed by atoms with van der Waals surface area (Å²) in [4.78, 5) is 14.7. The Morgan fingerprint density at radius 2 is 1.86 bits per heavy atom. The summed E-state index contributed by atoms with van der Waals surface area (Å²) in [5.74, 6) is -1.52. The van der Waals surface area contributed by atoms with Gasteiger partial charge in [0.2, 0.25) is 0 Å². The molecule has 0 radical (unpaired) electrons. The van der Waals surface area contributed by atoms with Crippen molar-refractivity contribution in [2.45, 2.75) is 6.36 Å². The molecule has 2 aromatic rings. The number of carboxylic acid groups (broad SMARTS) is 1. The first-order valence-corrected chi connectivity index (χ1v) is 5.65. The van der Waals surface area contributed by atoms with E-state index in [1.165, 1.54) is 30.6 Å². The number of hydrogen-bond donors (Lipinski definition) is 2. The SMILES string of the molecule is O=C(O)c1cnccc1Nc1ccc(OC(F)(F)F)cc1. The predicted octanol–water partition coefficient (Wildman–Crippen LogP) is 3.42. The molecule has 2 rings (SSSR count). The number of rotatable bonds is 4. The lowest BCUT2D eigenvalue weighted by Crippen LogP contribution is -2.17. The highest BCUT2D eigenvalue weighted by Crippen LogP contribution is 2.26. The molecule has 0 amide bonds. The van der Waals surface area contributed by atoms with E-state index in [-0.39, 0.29) is 17.0 Å². The average Bonchev–Trinajstić information content (AvgIpc) is 2.40. The van der Waals surface area contributed by atoms with Crippen molar-refractivity contribution in [2.24, 2.45) is 0 Å². The van der Waals surface area contributed by atoms with Crippen molar-refractivity contribution >= 4 is 17.3 Å². The molecule has 0 saturated carbocycles. The van der Waals surface area contributed by atoms with E-state index < -0.39 is 12.3 Å². The summed E-state index contributed by atoms with van der Waals surface area (Å²) in [6.07, 6.45) is -2.18. The average molecular weight is 298 g/mol. The number of ether oxygens (including phenoxy) is 1. The number of halogens is 3. The maximum atomic E-state index is 12.0. The predicted molar refractivity (Wildman–Crippen MR) is 67.6 cm³/mol. The molecule has 0 bridgehead atoms. The van der Waals surface area contributed by atoms with Crippen LogP contribution in [0.15, 0.2) is 42.7 Å². The van der Waals surface area contributed by atoms with E-state index in [2.05, 4.69) is 15.0 Å². The molecule has 0 aliphatic rings. The van der Waals surface area contributed by atoms with Gasteiger partial charge in [0.15, 0.2) is 0 Å². The summed E-state index contributed by atoms with van der Waals surface area (Å²) in [7, 11) is 0. The number of carboxylic acids is 1. The van der Waals surface area contributed by atoms with Crippen LogP contribution < -0.4 is 10.1 Å². The van der Waals surface area contributed by atoms with Crippen LogP contribution in [0.5, 0.6) is 5.75 Å². The van der Waals surface area contributed by atoms with Crippen LogP contribution in [0.25, 0.3) is 0 Å². The van der Waals surface area contributed by atoms with Gasteiger partial charge >= 0.3 is 12.3 Å². The van der Waals surface area contributed by atoms with Crippen molar-refractivity contribution in [3.63, 3.8) is 0 Å². The molecule has 8 heteroatoms. The van der Waals surface area contributed by atoms with Crippen molar-refractivity contribution < 1.29 is 27.8 Å². The van der Waals surface area contributed by atoms with Gasteiger partial charge in [-0.2, -0.15) is 0 Å². The van der Waals surface area contributed by atoms with Crippen LogP contribution in [-0.2, 0) is 0 Å². The second-order valence-electron chi connectivity index (χ2n) is 3.92. The number of benzene rings is 1. The minimum Gasteiger partial charge on any atom is -0.478 e. The quantitative estimate of drug-likeness (QED) is 0.905. The number of nitrogens with one attached hydrogen (secondary N) is 1. The van der Waals surface area contributed by atoms with Crippen LogP contribution in [-0.4, -0.2) is 22.4 Å². The van der Waals surface area contributed by atoms with Crippen LogP contribution in [0.1, 0.15) is 10.4 Å². The van der Waals surface area contributed by atoms with Crippen molar-refractivity contribution in [3.8, 4) is 5.75 Å². The molecule has 0 fully saturated rings. The Morgan fingerprint density at radius 1 is 1.19 bits per heavy atom. The highest BCUT2D eigenvalue weighted by molar-refractivity contribution is 5.94. The zero-order chi connectivity index (χ0) is 15.5. The molecule has 0 saturated heterocycles. The first kappa shape index (κ1) is 14.6. The third-order valence-corrected chi connectivity index (χ3v) is 2.42. The van der Waals surface area contributed by atoms with Gasteiger partial charge in [-0.3, -0.25) is 4.98 Å². The molecule has 1 aromatic carbocycles. The van der Waals surface area contributed by atoms with Gasteiger partial charge in [-0.25, -0.2) is 4.79 Å². The van der Waals surface area contributed by atoms with Crippen molar-refractivity contribution in [1.29, 1.82) is 0 Å². The summed E-state index contributed by atoms with van der Waals surface area (Å²) in [6, 6.07) is 6.37. The van der Waals surface area contributed by atoms with E-state index in [1.807, 2.05) is 0 Å². The second kappa shape index (κ2) is 5.70. The summed E-state index contributed by atoms with van der Waals surface area (Å²) < 4.78 is 39.8. The number of aromatic carboxylic acids is 1. The number of alkyl halides is 3. The normalized spacial score (nSPS) is 11.0. The largest absolute Gasteiger partial charge is 0.573 e. The zero-order valence-corrected chi connectivity index (χ0v) is 10.4. The van der Waals surface area contributed by atoms with Gasteiger partial charge < -0.3 is 15.2 Å². The lowest BCUT2D eigenvalue weighted by atomic mass is 10.2. The Kier molecular flexibility index (Phi) is 3.97. The van der Waals surface area contributed by atoms with Gasteiger partial charge in [-0.15, -0.1) is 13.2 Å². The number of pyridine rings is 1. The van der Waals surface area contributed by atoms with E-state index >= 15 is 0 Å². The van der Waals surface area contributed by atoms with Gasteiger partial charge in [0.1, 0.15) is 11.3 Å². The third-order valence-electron chi connectivity index (χ3n) is 2.42. The fourth-order valence-corrected chi connectivity index (χ4v) is 1.57. The molecule has 110 valence electrons. The minimum absolute atomic E-state index is 0.0480. The number of aromatic nitrogens is 1. The lowest BCUT2D eigenvalue weighted by Gasteiger charge is -2.11. The Labute approximate surface area is 117 Å². The fourth-order valence-electron chi connectivity index (χ4n) is 1.57. The van der Waals surface area contributed by atoms with Crippen LogP contribution in [0.3, 0.4) is 0 Å². The third kappa shape index (κ3) is 4.10. The maximum Gasteiger partial charge on any atom is 0.573 e. The van der Waals surface area contributed by atoms with Crippen LogP contribution in [0, 0.1) is 0 Å². The van der Waals surface area contributed by atoms with Gasteiger partial charge in [0.05, 0.1) is 5.69 Å². The van der Waals surface area contributed by atoms with Crippen molar-refractivity contribution in [3.05, 3.63) is 48.3 Å². The first-order chi connectivity index (χ1) is 9.85. The zero-order valence-electron chi connectivity index (χ0n) is 10.4. The van der Waals surface area contributed by atoms with Gasteiger partial charge in [-0.05, 0) is 30.3 Å². The summed E-state index contributed by atoms with van der Waals surface area (Å²) in [5.41, 5.74) is 0.647. The van der Waals surface area contributed by atoms with Gasteiger partial charge in [0, 0.05) is 18.1 Å². The second-order valence-corrected chi connectivity index (χ2v) is 3.92. The smallest absolute Gasteiger partial charge is 0.478 e. The number of anilines is 2. The van der Waals surface area contributed by atoms with Crippen LogP contribution >= 0.6 is 0 Å². The van der Waals surface area contributed by atoms with Crippen molar-refractivity contribution in [1.82, 2.24) is 4.98 Å². The highest BCUT2D eigenvalue weighted by Gasteiger charge is 2.30. The molecule has 21 heavy (non-hydrogen) atoms. The molecule has 1 aromatic heterocycles. The molecule has 0 spiro atoms. The fraction of sp³-hybridized carbons (Fsp3) is 0.0769. The van der Waals surface area contributed by atoms with E-state index in [9.17, 15) is 18.0 Å². The molecule has 0 aliphatic carbocycles. The number of carbonyl (C=O) groups is 1. The van der Waals surface area contributed by atoms with E-state index in [4.69, 9.17) is 5.11 Å². The minimum atomic E-state index is -4.75.